The van der Waals surface area contributed by atoms with E-state index in [0.717, 1.165) is 36.5 Å². The molecule has 2 aromatic rings. The van der Waals surface area contributed by atoms with E-state index in [-0.39, 0.29) is 11.8 Å². The Kier molecular flexibility index (Phi) is 7.12. The summed E-state index contributed by atoms with van der Waals surface area (Å²) in [5, 5.41) is 5.84. The number of carbonyl (C=O) groups excluding carboxylic acids is 2. The highest BCUT2D eigenvalue weighted by Crippen LogP contribution is 2.35. The molecule has 3 rings (SSSR count). The number of hydrogen-bond acceptors (Lipinski definition) is 4. The SMILES string of the molecule is CCN(CC)CCNC(=O)c1c(C)[nH]c(C=C2C(=O)Nc3ccc(S(C)=O)cc32)c1C. The first-order chi connectivity index (χ1) is 14.8. The highest BCUT2D eigenvalue weighted by Gasteiger charge is 2.26. The van der Waals surface area contributed by atoms with Crippen molar-refractivity contribution in [3.63, 3.8) is 0 Å². The van der Waals surface area contributed by atoms with Crippen molar-refractivity contribution >= 4 is 40.0 Å². The molecule has 0 saturated heterocycles. The van der Waals surface area contributed by atoms with Crippen molar-refractivity contribution in [1.82, 2.24) is 15.2 Å². The zero-order valence-corrected chi connectivity index (χ0v) is 19.5. The minimum atomic E-state index is -1.14. The Labute approximate surface area is 185 Å². The lowest BCUT2D eigenvalue weighted by atomic mass is 10.0. The molecular formula is C23H30N4O3S. The molecule has 1 aliphatic heterocycles. The summed E-state index contributed by atoms with van der Waals surface area (Å²) in [7, 11) is -1.14. The van der Waals surface area contributed by atoms with Gasteiger partial charge in [-0.25, -0.2) is 0 Å². The van der Waals surface area contributed by atoms with Gasteiger partial charge in [0.25, 0.3) is 11.8 Å². The molecule has 2 heterocycles. The second-order valence-corrected chi connectivity index (χ2v) is 9.00. The van der Waals surface area contributed by atoms with E-state index in [1.807, 2.05) is 13.8 Å². The molecule has 166 valence electrons. The van der Waals surface area contributed by atoms with Crippen LogP contribution in [0.2, 0.25) is 0 Å². The van der Waals surface area contributed by atoms with Gasteiger partial charge >= 0.3 is 0 Å². The largest absolute Gasteiger partial charge is 0.358 e. The van der Waals surface area contributed by atoms with Crippen molar-refractivity contribution in [1.29, 1.82) is 0 Å². The Hall–Kier alpha value is -2.71. The molecular weight excluding hydrogens is 412 g/mol. The second kappa shape index (κ2) is 9.62. The average Bonchev–Trinajstić information content (AvgIpc) is 3.20. The van der Waals surface area contributed by atoms with Crippen LogP contribution in [0.15, 0.2) is 23.1 Å². The number of fused-ring (bicyclic) bond motifs is 1. The maximum Gasteiger partial charge on any atom is 0.256 e. The van der Waals surface area contributed by atoms with Gasteiger partial charge in [-0.2, -0.15) is 0 Å². The predicted octanol–water partition coefficient (Wildman–Crippen LogP) is 2.93. The molecule has 7 nitrogen and oxygen atoms in total. The summed E-state index contributed by atoms with van der Waals surface area (Å²) in [4.78, 5) is 31.5. The third-order valence-electron chi connectivity index (χ3n) is 5.71. The summed E-state index contributed by atoms with van der Waals surface area (Å²) in [5.41, 5.74) is 4.77. The number of likely N-dealkylation sites (N-methyl/N-ethyl adjacent to an activating group) is 1. The highest BCUT2D eigenvalue weighted by molar-refractivity contribution is 7.84. The fraction of sp³-hybridized carbons (Fsp3) is 0.391. The molecule has 1 aliphatic rings. The number of amides is 2. The van der Waals surface area contributed by atoms with Crippen molar-refractivity contribution in [2.75, 3.05) is 37.8 Å². The van der Waals surface area contributed by atoms with Gasteiger partial charge < -0.3 is 20.5 Å². The molecule has 0 fully saturated rings. The van der Waals surface area contributed by atoms with Crippen LogP contribution >= 0.6 is 0 Å². The van der Waals surface area contributed by atoms with Crippen LogP contribution in [-0.2, 0) is 15.6 Å². The van der Waals surface area contributed by atoms with Crippen LogP contribution in [0.1, 0.15) is 46.7 Å². The van der Waals surface area contributed by atoms with Crippen LogP contribution in [0.4, 0.5) is 5.69 Å². The number of hydrogen-bond donors (Lipinski definition) is 3. The van der Waals surface area contributed by atoms with Gasteiger partial charge in [-0.1, -0.05) is 13.8 Å². The standard InChI is InChI=1S/C23H30N4O3S/c1-6-27(7-2)11-10-24-23(29)21-14(3)20(25-15(21)4)13-18-17-12-16(31(5)30)8-9-19(17)26-22(18)28/h8-9,12-13,25H,6-7,10-11H2,1-5H3,(H,24,29)(H,26,28). The number of anilines is 1. The Morgan fingerprint density at radius 1 is 1.23 bits per heavy atom. The van der Waals surface area contributed by atoms with E-state index >= 15 is 0 Å². The first-order valence-electron chi connectivity index (χ1n) is 10.5. The van der Waals surface area contributed by atoms with Crippen LogP contribution in [0.25, 0.3) is 11.6 Å². The van der Waals surface area contributed by atoms with E-state index in [9.17, 15) is 13.8 Å². The van der Waals surface area contributed by atoms with E-state index in [1.54, 1.807) is 30.5 Å². The van der Waals surface area contributed by atoms with Gasteiger partial charge in [0.2, 0.25) is 0 Å². The van der Waals surface area contributed by atoms with E-state index in [0.29, 0.717) is 34.0 Å². The number of aryl methyl sites for hydroxylation is 1. The minimum Gasteiger partial charge on any atom is -0.358 e. The fourth-order valence-electron chi connectivity index (χ4n) is 3.85. The third kappa shape index (κ3) is 4.80. The molecule has 0 radical (unpaired) electrons. The zero-order valence-electron chi connectivity index (χ0n) is 18.7. The maximum atomic E-state index is 12.8. The maximum absolute atomic E-state index is 12.8. The van der Waals surface area contributed by atoms with E-state index in [1.165, 1.54) is 0 Å². The van der Waals surface area contributed by atoms with Crippen molar-refractivity contribution in [2.45, 2.75) is 32.6 Å². The third-order valence-corrected chi connectivity index (χ3v) is 6.62. The van der Waals surface area contributed by atoms with E-state index in [4.69, 9.17) is 0 Å². The minimum absolute atomic E-state index is 0.122. The molecule has 2 amide bonds. The van der Waals surface area contributed by atoms with Gasteiger partial charge in [-0.05, 0) is 56.8 Å². The Morgan fingerprint density at radius 3 is 2.58 bits per heavy atom. The predicted molar refractivity (Wildman–Crippen MR) is 126 cm³/mol. The molecule has 0 aliphatic carbocycles. The van der Waals surface area contributed by atoms with Gasteiger partial charge in [0.05, 0.1) is 11.1 Å². The van der Waals surface area contributed by atoms with Crippen molar-refractivity contribution in [3.05, 3.63) is 46.3 Å². The molecule has 1 aromatic heterocycles. The fourth-order valence-corrected chi connectivity index (χ4v) is 4.39. The molecule has 0 bridgehead atoms. The Balaban J connectivity index is 1.87. The molecule has 1 atom stereocenters. The van der Waals surface area contributed by atoms with Crippen molar-refractivity contribution in [2.24, 2.45) is 0 Å². The summed E-state index contributed by atoms with van der Waals surface area (Å²) in [6.07, 6.45) is 3.37. The summed E-state index contributed by atoms with van der Waals surface area (Å²) in [5.74, 6) is -0.339. The van der Waals surface area contributed by atoms with Crippen molar-refractivity contribution in [3.8, 4) is 0 Å². The number of nitrogens with one attached hydrogen (secondary N) is 3. The van der Waals surface area contributed by atoms with Crippen molar-refractivity contribution < 1.29 is 13.8 Å². The zero-order chi connectivity index (χ0) is 22.7. The number of carbonyl (C=O) groups is 2. The number of aromatic nitrogens is 1. The van der Waals surface area contributed by atoms with E-state index in [2.05, 4.69) is 34.4 Å². The summed E-state index contributed by atoms with van der Waals surface area (Å²) in [6.45, 7) is 11.2. The Bertz CT molecular complexity index is 1070. The number of benzene rings is 1. The molecule has 0 spiro atoms. The average molecular weight is 443 g/mol. The highest BCUT2D eigenvalue weighted by atomic mass is 32.2. The number of rotatable bonds is 8. The molecule has 3 N–H and O–H groups in total. The van der Waals surface area contributed by atoms with E-state index < -0.39 is 10.8 Å². The molecule has 8 heteroatoms. The summed E-state index contributed by atoms with van der Waals surface area (Å²) >= 11 is 0. The van der Waals surface area contributed by atoms with Gasteiger partial charge in [0.15, 0.2) is 0 Å². The normalized spacial score (nSPS) is 15.3. The molecule has 31 heavy (non-hydrogen) atoms. The quantitative estimate of drug-likeness (QED) is 0.548. The van der Waals surface area contributed by atoms with Crippen LogP contribution in [0.5, 0.6) is 0 Å². The van der Waals surface area contributed by atoms with Gasteiger partial charge in [-0.3, -0.25) is 13.8 Å². The monoisotopic (exact) mass is 442 g/mol. The van der Waals surface area contributed by atoms with Crippen LogP contribution in [0, 0.1) is 13.8 Å². The topological polar surface area (TPSA) is 94.3 Å². The molecule has 0 saturated carbocycles. The summed E-state index contributed by atoms with van der Waals surface area (Å²) in [6, 6.07) is 5.30. The van der Waals surface area contributed by atoms with Crippen LogP contribution < -0.4 is 10.6 Å². The van der Waals surface area contributed by atoms with Gasteiger partial charge in [-0.15, -0.1) is 0 Å². The molecule has 1 unspecified atom stereocenters. The lowest BCUT2D eigenvalue weighted by Gasteiger charge is -2.18. The second-order valence-electron chi connectivity index (χ2n) is 7.62. The first-order valence-corrected chi connectivity index (χ1v) is 12.0. The van der Waals surface area contributed by atoms with Gasteiger partial charge in [0, 0.05) is 57.7 Å². The Morgan fingerprint density at radius 2 is 1.94 bits per heavy atom. The lowest BCUT2D eigenvalue weighted by molar-refractivity contribution is -0.110. The number of aromatic amines is 1. The number of nitrogens with zero attached hydrogens (tertiary/aromatic N) is 1. The van der Waals surface area contributed by atoms with Crippen LogP contribution in [0.3, 0.4) is 0 Å². The smallest absolute Gasteiger partial charge is 0.256 e. The first kappa shape index (κ1) is 23.0. The molecule has 1 aromatic carbocycles. The number of H-pyrrole nitrogens is 1. The summed E-state index contributed by atoms with van der Waals surface area (Å²) < 4.78 is 11.9. The lowest BCUT2D eigenvalue weighted by Crippen LogP contribution is -2.35. The van der Waals surface area contributed by atoms with Crippen LogP contribution in [-0.4, -0.2) is 58.3 Å². The van der Waals surface area contributed by atoms with Gasteiger partial charge in [0.1, 0.15) is 0 Å².